The fraction of sp³-hybridized carbons (Fsp3) is 0.435. The molecule has 3 rings (SSSR count). The Balaban J connectivity index is 1.63. The maximum atomic E-state index is 12.5. The van der Waals surface area contributed by atoms with E-state index in [1.165, 1.54) is 0 Å². The van der Waals surface area contributed by atoms with Crippen LogP contribution in [0.25, 0.3) is 0 Å². The van der Waals surface area contributed by atoms with Crippen LogP contribution in [0.15, 0.2) is 53.4 Å². The molecule has 0 aliphatic heterocycles. The Kier molecular flexibility index (Phi) is 6.63. The van der Waals surface area contributed by atoms with Crippen molar-refractivity contribution in [1.82, 2.24) is 5.32 Å². The Morgan fingerprint density at radius 2 is 1.72 bits per heavy atom. The van der Waals surface area contributed by atoms with Gasteiger partial charge in [0, 0.05) is 23.9 Å². The summed E-state index contributed by atoms with van der Waals surface area (Å²) >= 11 is 0. The van der Waals surface area contributed by atoms with Gasteiger partial charge in [-0.15, -0.1) is 0 Å². The first-order valence-electron chi connectivity index (χ1n) is 10.1. The second-order valence-electron chi connectivity index (χ2n) is 7.85. The molecule has 0 heterocycles. The predicted molar refractivity (Wildman–Crippen MR) is 114 cm³/mol. The summed E-state index contributed by atoms with van der Waals surface area (Å²) in [6, 6.07) is 14.7. The summed E-state index contributed by atoms with van der Waals surface area (Å²) in [5.74, 6) is 0.413. The largest absolute Gasteiger partial charge is 0.496 e. The Bertz CT molecular complexity index is 945. The number of hydrogen-bond acceptors (Lipinski definition) is 4. The standard InChI is InChI=1S/C23H29NO4S/c1-18-9-11-19(12-10-18)29(26,27)16-13-22(25)24-17-23(14-5-6-15-23)20-7-3-4-8-21(20)28-2/h3-4,7-12H,5-6,13-17H2,1-2H3,(H,24,25). The van der Waals surface area contributed by atoms with Crippen molar-refractivity contribution >= 4 is 15.7 Å². The van der Waals surface area contributed by atoms with Crippen LogP contribution in [0.1, 0.15) is 43.2 Å². The van der Waals surface area contributed by atoms with Gasteiger partial charge in [0.25, 0.3) is 0 Å². The van der Waals surface area contributed by atoms with Crippen LogP contribution in [0, 0.1) is 6.92 Å². The third-order valence-electron chi connectivity index (χ3n) is 5.84. The molecular formula is C23H29NO4S. The van der Waals surface area contributed by atoms with Gasteiger partial charge in [-0.3, -0.25) is 4.79 Å². The molecule has 1 aliphatic carbocycles. The predicted octanol–water partition coefficient (Wildman–Crippen LogP) is 3.80. The van der Waals surface area contributed by atoms with Crippen LogP contribution >= 0.6 is 0 Å². The van der Waals surface area contributed by atoms with Gasteiger partial charge >= 0.3 is 0 Å². The average molecular weight is 416 g/mol. The molecule has 0 bridgehead atoms. The van der Waals surface area contributed by atoms with E-state index in [1.54, 1.807) is 31.4 Å². The van der Waals surface area contributed by atoms with Gasteiger partial charge in [-0.1, -0.05) is 48.7 Å². The van der Waals surface area contributed by atoms with Crippen molar-refractivity contribution in [2.75, 3.05) is 19.4 Å². The number of ether oxygens (including phenoxy) is 1. The molecule has 156 valence electrons. The van der Waals surface area contributed by atoms with Crippen LogP contribution in [0.4, 0.5) is 0 Å². The molecule has 0 atom stereocenters. The minimum Gasteiger partial charge on any atom is -0.496 e. The number of para-hydroxylation sites is 1. The zero-order chi connectivity index (χ0) is 20.9. The summed E-state index contributed by atoms with van der Waals surface area (Å²) in [5.41, 5.74) is 1.96. The molecule has 0 spiro atoms. The van der Waals surface area contributed by atoms with Crippen molar-refractivity contribution in [3.63, 3.8) is 0 Å². The number of hydrogen-bond donors (Lipinski definition) is 1. The molecular weight excluding hydrogens is 386 g/mol. The molecule has 0 unspecified atom stereocenters. The minimum atomic E-state index is -3.47. The zero-order valence-electron chi connectivity index (χ0n) is 17.1. The molecule has 1 saturated carbocycles. The Hall–Kier alpha value is -2.34. The monoisotopic (exact) mass is 415 g/mol. The van der Waals surface area contributed by atoms with E-state index in [0.717, 1.165) is 42.6 Å². The highest BCUT2D eigenvalue weighted by Gasteiger charge is 2.38. The van der Waals surface area contributed by atoms with Crippen LogP contribution in [0.5, 0.6) is 5.75 Å². The minimum absolute atomic E-state index is 0.0434. The number of aryl methyl sites for hydroxylation is 1. The molecule has 1 fully saturated rings. The number of carbonyl (C=O) groups is 1. The smallest absolute Gasteiger partial charge is 0.221 e. The summed E-state index contributed by atoms with van der Waals surface area (Å²) in [6.07, 6.45) is 4.13. The number of nitrogens with one attached hydrogen (secondary N) is 1. The molecule has 6 heteroatoms. The molecule has 1 amide bonds. The Morgan fingerprint density at radius 3 is 2.38 bits per heavy atom. The second-order valence-corrected chi connectivity index (χ2v) is 9.96. The fourth-order valence-electron chi connectivity index (χ4n) is 4.12. The van der Waals surface area contributed by atoms with Crippen molar-refractivity contribution < 1.29 is 17.9 Å². The number of amides is 1. The van der Waals surface area contributed by atoms with Gasteiger partial charge in [-0.25, -0.2) is 8.42 Å². The van der Waals surface area contributed by atoms with E-state index in [1.807, 2.05) is 25.1 Å². The van der Waals surface area contributed by atoms with Gasteiger partial charge in [0.2, 0.25) is 5.91 Å². The quantitative estimate of drug-likeness (QED) is 0.712. The van der Waals surface area contributed by atoms with Crippen molar-refractivity contribution in [3.05, 3.63) is 59.7 Å². The summed E-state index contributed by atoms with van der Waals surface area (Å²) in [5, 5.41) is 2.99. The first-order chi connectivity index (χ1) is 13.9. The van der Waals surface area contributed by atoms with Gasteiger partial charge in [0.15, 0.2) is 9.84 Å². The van der Waals surface area contributed by atoms with Crippen LogP contribution in [0.2, 0.25) is 0 Å². The molecule has 1 aliphatic rings. The van der Waals surface area contributed by atoms with E-state index in [4.69, 9.17) is 4.74 Å². The Morgan fingerprint density at radius 1 is 1.07 bits per heavy atom. The zero-order valence-corrected chi connectivity index (χ0v) is 17.9. The van der Waals surface area contributed by atoms with E-state index in [2.05, 4.69) is 11.4 Å². The Labute approximate surface area is 173 Å². The number of rotatable bonds is 8. The average Bonchev–Trinajstić information content (AvgIpc) is 3.21. The van der Waals surface area contributed by atoms with Gasteiger partial charge in [-0.2, -0.15) is 0 Å². The third-order valence-corrected chi connectivity index (χ3v) is 7.57. The van der Waals surface area contributed by atoms with Crippen molar-refractivity contribution in [3.8, 4) is 5.75 Å². The summed E-state index contributed by atoms with van der Waals surface area (Å²) in [4.78, 5) is 12.7. The van der Waals surface area contributed by atoms with E-state index in [-0.39, 0.29) is 28.4 Å². The molecule has 5 nitrogen and oxygen atoms in total. The molecule has 0 aromatic heterocycles. The van der Waals surface area contributed by atoms with E-state index >= 15 is 0 Å². The summed E-state index contributed by atoms with van der Waals surface area (Å²) in [6.45, 7) is 2.40. The first-order valence-corrected chi connectivity index (χ1v) is 11.7. The lowest BCUT2D eigenvalue weighted by atomic mass is 9.78. The van der Waals surface area contributed by atoms with Crippen LogP contribution in [0.3, 0.4) is 0 Å². The van der Waals surface area contributed by atoms with Crippen LogP contribution in [-0.2, 0) is 20.0 Å². The van der Waals surface area contributed by atoms with Gasteiger partial charge in [0.05, 0.1) is 17.8 Å². The SMILES string of the molecule is COc1ccccc1C1(CNC(=O)CCS(=O)(=O)c2ccc(C)cc2)CCCC1. The van der Waals surface area contributed by atoms with Gasteiger partial charge in [-0.05, 0) is 38.0 Å². The van der Waals surface area contributed by atoms with Gasteiger partial charge in [0.1, 0.15) is 5.75 Å². The van der Waals surface area contributed by atoms with Crippen LogP contribution in [-0.4, -0.2) is 33.7 Å². The topological polar surface area (TPSA) is 72.5 Å². The lowest BCUT2D eigenvalue weighted by Crippen LogP contribution is -2.39. The van der Waals surface area contributed by atoms with Gasteiger partial charge < -0.3 is 10.1 Å². The molecule has 0 radical (unpaired) electrons. The summed E-state index contributed by atoms with van der Waals surface area (Å²) < 4.78 is 30.5. The summed E-state index contributed by atoms with van der Waals surface area (Å²) in [7, 11) is -1.81. The highest BCUT2D eigenvalue weighted by atomic mass is 32.2. The second kappa shape index (κ2) is 8.99. The van der Waals surface area contributed by atoms with Crippen LogP contribution < -0.4 is 10.1 Å². The number of benzene rings is 2. The highest BCUT2D eigenvalue weighted by Crippen LogP contribution is 2.44. The normalized spacial score (nSPS) is 15.8. The highest BCUT2D eigenvalue weighted by molar-refractivity contribution is 7.91. The van der Waals surface area contributed by atoms with E-state index in [0.29, 0.717) is 6.54 Å². The molecule has 2 aromatic rings. The van der Waals surface area contributed by atoms with E-state index in [9.17, 15) is 13.2 Å². The first kappa shape index (κ1) is 21.4. The van der Waals surface area contributed by atoms with Crippen molar-refractivity contribution in [1.29, 1.82) is 0 Å². The lowest BCUT2D eigenvalue weighted by molar-refractivity contribution is -0.121. The number of carbonyl (C=O) groups excluding carboxylic acids is 1. The maximum Gasteiger partial charge on any atom is 0.221 e. The lowest BCUT2D eigenvalue weighted by Gasteiger charge is -2.31. The van der Waals surface area contributed by atoms with Crippen molar-refractivity contribution in [2.45, 2.75) is 49.3 Å². The third kappa shape index (κ3) is 4.99. The number of methoxy groups -OCH3 is 1. The fourth-order valence-corrected chi connectivity index (χ4v) is 5.36. The van der Waals surface area contributed by atoms with E-state index < -0.39 is 9.84 Å². The molecule has 0 saturated heterocycles. The maximum absolute atomic E-state index is 12.5. The molecule has 1 N–H and O–H groups in total. The molecule has 29 heavy (non-hydrogen) atoms. The molecule has 2 aromatic carbocycles. The van der Waals surface area contributed by atoms with Crippen molar-refractivity contribution in [2.24, 2.45) is 0 Å². The number of sulfone groups is 1.